The van der Waals surface area contributed by atoms with E-state index in [1.54, 1.807) is 4.90 Å². The van der Waals surface area contributed by atoms with E-state index in [0.717, 1.165) is 25.9 Å². The van der Waals surface area contributed by atoms with Crippen molar-refractivity contribution in [1.29, 1.82) is 0 Å². The zero-order valence-corrected chi connectivity index (χ0v) is 18.4. The Bertz CT molecular complexity index is 732. The summed E-state index contributed by atoms with van der Waals surface area (Å²) < 4.78 is 6.42. The van der Waals surface area contributed by atoms with Crippen molar-refractivity contribution in [2.45, 2.75) is 47.1 Å². The molecule has 1 heterocycles. The van der Waals surface area contributed by atoms with Crippen LogP contribution >= 0.6 is 22.6 Å². The molecule has 0 unspecified atom stereocenters. The predicted molar refractivity (Wildman–Crippen MR) is 110 cm³/mol. The van der Waals surface area contributed by atoms with Crippen molar-refractivity contribution in [1.82, 2.24) is 4.90 Å². The van der Waals surface area contributed by atoms with Gasteiger partial charge in [-0.1, -0.05) is 0 Å². The number of amides is 1. The van der Waals surface area contributed by atoms with E-state index in [2.05, 4.69) is 27.5 Å². The lowest BCUT2D eigenvalue weighted by atomic mass is 9.96. The monoisotopic (exact) mass is 474 g/mol. The zero-order chi connectivity index (χ0) is 19.8. The lowest BCUT2D eigenvalue weighted by molar-refractivity contribution is 0.0240. The van der Waals surface area contributed by atoms with Gasteiger partial charge in [-0.25, -0.2) is 9.59 Å². The molecule has 1 aromatic carbocycles. The van der Waals surface area contributed by atoms with Gasteiger partial charge in [0, 0.05) is 35.4 Å². The van der Waals surface area contributed by atoms with Gasteiger partial charge < -0.3 is 19.6 Å². The number of hydrogen-bond acceptors (Lipinski definition) is 4. The first-order valence-electron chi connectivity index (χ1n) is 8.69. The third kappa shape index (κ3) is 4.24. The fourth-order valence-corrected chi connectivity index (χ4v) is 3.94. The molecule has 0 saturated carbocycles. The van der Waals surface area contributed by atoms with Gasteiger partial charge >= 0.3 is 12.1 Å². The number of ether oxygens (including phenoxy) is 1. The quantitative estimate of drug-likeness (QED) is 0.657. The Morgan fingerprint density at radius 2 is 1.54 bits per heavy atom. The number of anilines is 1. The first kappa shape index (κ1) is 20.8. The first-order valence-corrected chi connectivity index (χ1v) is 9.77. The second kappa shape index (κ2) is 7.62. The van der Waals surface area contributed by atoms with Crippen molar-refractivity contribution in [2.24, 2.45) is 0 Å². The average molecular weight is 474 g/mol. The molecule has 0 radical (unpaired) electrons. The Labute approximate surface area is 168 Å². The molecule has 1 aliphatic heterocycles. The molecule has 1 fully saturated rings. The van der Waals surface area contributed by atoms with Crippen molar-refractivity contribution < 1.29 is 19.4 Å². The van der Waals surface area contributed by atoms with E-state index in [0.29, 0.717) is 31.7 Å². The summed E-state index contributed by atoms with van der Waals surface area (Å²) >= 11 is 2.22. The van der Waals surface area contributed by atoms with Crippen molar-refractivity contribution >= 4 is 40.3 Å². The molecule has 1 aromatic rings. The number of carboxylic acids is 1. The van der Waals surface area contributed by atoms with Crippen LogP contribution in [0.2, 0.25) is 0 Å². The number of carboxylic acid groups (broad SMARTS) is 1. The molecule has 0 aromatic heterocycles. The van der Waals surface area contributed by atoms with Gasteiger partial charge in [-0.3, -0.25) is 0 Å². The number of halogens is 1. The van der Waals surface area contributed by atoms with Crippen LogP contribution in [0, 0.1) is 24.3 Å². The maximum atomic E-state index is 12.2. The molecule has 0 bridgehead atoms. The summed E-state index contributed by atoms with van der Waals surface area (Å²) in [6, 6.07) is 0. The second-order valence-electron chi connectivity index (χ2n) is 7.67. The molecule has 6 nitrogen and oxygen atoms in total. The third-order valence-corrected chi connectivity index (χ3v) is 6.20. The normalized spacial score (nSPS) is 15.2. The number of hydrogen-bond donors (Lipinski definition) is 1. The molecule has 144 valence electrons. The highest BCUT2D eigenvalue weighted by molar-refractivity contribution is 14.1. The Morgan fingerprint density at radius 3 is 2.00 bits per heavy atom. The van der Waals surface area contributed by atoms with E-state index >= 15 is 0 Å². The molecule has 2 rings (SSSR count). The summed E-state index contributed by atoms with van der Waals surface area (Å²) in [7, 11) is 0. The van der Waals surface area contributed by atoms with Crippen molar-refractivity contribution in [3.8, 4) is 0 Å². The molecule has 1 amide bonds. The molecular weight excluding hydrogens is 447 g/mol. The molecule has 1 N–H and O–H groups in total. The maximum Gasteiger partial charge on any atom is 0.410 e. The van der Waals surface area contributed by atoms with Crippen molar-refractivity contribution in [3.63, 3.8) is 0 Å². The summed E-state index contributed by atoms with van der Waals surface area (Å²) in [4.78, 5) is 27.9. The molecule has 26 heavy (non-hydrogen) atoms. The summed E-state index contributed by atoms with van der Waals surface area (Å²) in [5.41, 5.74) is 3.54. The molecular formula is C19H27IN2O4. The average Bonchev–Trinajstić information content (AvgIpc) is 2.51. The van der Waals surface area contributed by atoms with Crippen LogP contribution in [-0.2, 0) is 4.74 Å². The van der Waals surface area contributed by atoms with Crippen LogP contribution in [-0.4, -0.2) is 53.8 Å². The van der Waals surface area contributed by atoms with E-state index in [1.807, 2.05) is 41.5 Å². The van der Waals surface area contributed by atoms with Gasteiger partial charge in [-0.15, -0.1) is 0 Å². The zero-order valence-electron chi connectivity index (χ0n) is 16.3. The predicted octanol–water partition coefficient (Wildman–Crippen LogP) is 3.97. The highest BCUT2D eigenvalue weighted by atomic mass is 127. The van der Waals surface area contributed by atoms with Gasteiger partial charge in [0.1, 0.15) is 5.60 Å². The summed E-state index contributed by atoms with van der Waals surface area (Å²) in [6.45, 7) is 13.7. The van der Waals surface area contributed by atoms with E-state index in [-0.39, 0.29) is 6.09 Å². The molecule has 0 atom stereocenters. The van der Waals surface area contributed by atoms with Crippen LogP contribution in [0.4, 0.5) is 10.5 Å². The van der Waals surface area contributed by atoms with Crippen molar-refractivity contribution in [3.05, 3.63) is 25.8 Å². The Hall–Kier alpha value is -1.51. The number of carbonyl (C=O) groups excluding carboxylic acids is 1. The number of aromatic carboxylic acids is 1. The lowest BCUT2D eigenvalue weighted by Crippen LogP contribution is -2.50. The Morgan fingerprint density at radius 1 is 1.00 bits per heavy atom. The lowest BCUT2D eigenvalue weighted by Gasteiger charge is -2.38. The van der Waals surface area contributed by atoms with Gasteiger partial charge in [0.25, 0.3) is 0 Å². The van der Waals surface area contributed by atoms with Gasteiger partial charge in [-0.05, 0) is 80.8 Å². The number of piperazine rings is 1. The SMILES string of the molecule is Cc1c(I)c(C)c(N2CCN(C(=O)OC(C)(C)C)CC2)c(C)c1C(=O)O. The molecule has 1 aliphatic rings. The van der Waals surface area contributed by atoms with Crippen LogP contribution in [0.25, 0.3) is 0 Å². The highest BCUT2D eigenvalue weighted by Gasteiger charge is 2.29. The van der Waals surface area contributed by atoms with E-state index in [9.17, 15) is 14.7 Å². The standard InChI is InChI=1S/C19H27IN2O4/c1-11-14(17(23)24)12(2)16(13(3)15(11)20)21-7-9-22(10-8-21)18(25)26-19(4,5)6/h7-10H2,1-6H3,(H,23,24). The van der Waals surface area contributed by atoms with Crippen LogP contribution in [0.3, 0.4) is 0 Å². The smallest absolute Gasteiger partial charge is 0.410 e. The molecule has 7 heteroatoms. The number of rotatable bonds is 2. The molecule has 0 spiro atoms. The van der Waals surface area contributed by atoms with E-state index < -0.39 is 11.6 Å². The van der Waals surface area contributed by atoms with Gasteiger partial charge in [0.2, 0.25) is 0 Å². The van der Waals surface area contributed by atoms with Gasteiger partial charge in [-0.2, -0.15) is 0 Å². The Kier molecular flexibility index (Phi) is 6.09. The third-order valence-electron chi connectivity index (χ3n) is 4.58. The highest BCUT2D eigenvalue weighted by Crippen LogP contribution is 2.35. The van der Waals surface area contributed by atoms with Gasteiger partial charge in [0.15, 0.2) is 0 Å². The first-order chi connectivity index (χ1) is 11.9. The second-order valence-corrected chi connectivity index (χ2v) is 8.75. The maximum absolute atomic E-state index is 12.2. The summed E-state index contributed by atoms with van der Waals surface area (Å²) in [5.74, 6) is -0.897. The van der Waals surface area contributed by atoms with Crippen LogP contribution in [0.1, 0.15) is 47.8 Å². The summed E-state index contributed by atoms with van der Waals surface area (Å²) in [5, 5.41) is 9.62. The molecule has 0 aliphatic carbocycles. The largest absolute Gasteiger partial charge is 0.478 e. The topological polar surface area (TPSA) is 70.1 Å². The minimum absolute atomic E-state index is 0.296. The number of nitrogens with zero attached hydrogens (tertiary/aromatic N) is 2. The minimum atomic E-state index is -0.897. The van der Waals surface area contributed by atoms with E-state index in [4.69, 9.17) is 4.74 Å². The van der Waals surface area contributed by atoms with Crippen LogP contribution in [0.15, 0.2) is 0 Å². The number of carbonyl (C=O) groups is 2. The van der Waals surface area contributed by atoms with Gasteiger partial charge in [0.05, 0.1) is 5.56 Å². The minimum Gasteiger partial charge on any atom is -0.478 e. The van der Waals surface area contributed by atoms with E-state index in [1.165, 1.54) is 0 Å². The fourth-order valence-electron chi connectivity index (χ4n) is 3.41. The van der Waals surface area contributed by atoms with Crippen LogP contribution in [0.5, 0.6) is 0 Å². The number of benzene rings is 1. The van der Waals surface area contributed by atoms with Crippen molar-refractivity contribution in [2.75, 3.05) is 31.1 Å². The summed E-state index contributed by atoms with van der Waals surface area (Å²) in [6.07, 6.45) is -0.296. The Balaban J connectivity index is 2.25. The van der Waals surface area contributed by atoms with Crippen LogP contribution < -0.4 is 4.90 Å². The fraction of sp³-hybridized carbons (Fsp3) is 0.579. The molecule has 1 saturated heterocycles.